The topological polar surface area (TPSA) is 72.0 Å². The first kappa shape index (κ1) is 14.2. The minimum Gasteiger partial charge on any atom is -0.467 e. The van der Waals surface area contributed by atoms with Gasteiger partial charge in [0.1, 0.15) is 0 Å². The quantitative estimate of drug-likeness (QED) is 0.791. The first-order valence-electron chi connectivity index (χ1n) is 6.67. The third-order valence-corrected chi connectivity index (χ3v) is 4.13. The van der Waals surface area contributed by atoms with Gasteiger partial charge in [0.25, 0.3) is 0 Å². The summed E-state index contributed by atoms with van der Waals surface area (Å²) >= 11 is 2.01. The first-order chi connectivity index (χ1) is 9.31. The van der Waals surface area contributed by atoms with E-state index in [4.69, 9.17) is 4.74 Å². The molecule has 2 rings (SSSR count). The SMILES string of the molecule is CCCNc1nc(NCC2CCSC2)nc(OC)n1. The van der Waals surface area contributed by atoms with Gasteiger partial charge in [-0.3, -0.25) is 0 Å². The Balaban J connectivity index is 1.96. The molecule has 0 spiro atoms. The van der Waals surface area contributed by atoms with Gasteiger partial charge in [-0.1, -0.05) is 6.92 Å². The highest BCUT2D eigenvalue weighted by Crippen LogP contribution is 2.23. The minimum absolute atomic E-state index is 0.344. The van der Waals surface area contributed by atoms with Crippen molar-refractivity contribution in [2.45, 2.75) is 19.8 Å². The zero-order valence-corrected chi connectivity index (χ0v) is 12.3. The number of nitrogens with zero attached hydrogens (tertiary/aromatic N) is 3. The summed E-state index contributed by atoms with van der Waals surface area (Å²) in [5, 5.41) is 6.43. The Kier molecular flexibility index (Phi) is 5.50. The van der Waals surface area contributed by atoms with E-state index < -0.39 is 0 Å². The van der Waals surface area contributed by atoms with Crippen LogP contribution < -0.4 is 15.4 Å². The van der Waals surface area contributed by atoms with E-state index in [1.54, 1.807) is 7.11 Å². The van der Waals surface area contributed by atoms with Gasteiger partial charge in [0, 0.05) is 13.1 Å². The standard InChI is InChI=1S/C12H21N5OS/c1-3-5-13-10-15-11(17-12(16-10)18-2)14-7-9-4-6-19-8-9/h9H,3-8H2,1-2H3,(H2,13,14,15,16,17). The molecule has 7 heteroatoms. The molecule has 19 heavy (non-hydrogen) atoms. The van der Waals surface area contributed by atoms with Crippen molar-refractivity contribution < 1.29 is 4.74 Å². The normalized spacial score (nSPS) is 18.3. The second kappa shape index (κ2) is 7.37. The van der Waals surface area contributed by atoms with E-state index in [-0.39, 0.29) is 0 Å². The fourth-order valence-corrected chi connectivity index (χ4v) is 3.11. The molecule has 0 radical (unpaired) electrons. The minimum atomic E-state index is 0.344. The van der Waals surface area contributed by atoms with Crippen molar-refractivity contribution in [2.24, 2.45) is 5.92 Å². The van der Waals surface area contributed by atoms with Crippen LogP contribution in [0.15, 0.2) is 0 Å². The van der Waals surface area contributed by atoms with Gasteiger partial charge in [0.15, 0.2) is 0 Å². The van der Waals surface area contributed by atoms with E-state index in [0.717, 1.165) is 19.5 Å². The number of nitrogens with one attached hydrogen (secondary N) is 2. The highest BCUT2D eigenvalue weighted by atomic mass is 32.2. The summed E-state index contributed by atoms with van der Waals surface area (Å²) in [6, 6.07) is 0.344. The zero-order chi connectivity index (χ0) is 13.5. The lowest BCUT2D eigenvalue weighted by Crippen LogP contribution is -2.16. The van der Waals surface area contributed by atoms with Crippen LogP contribution in [0.25, 0.3) is 0 Å². The smallest absolute Gasteiger partial charge is 0.322 e. The average Bonchev–Trinajstić information content (AvgIpc) is 2.96. The maximum absolute atomic E-state index is 5.10. The van der Waals surface area contributed by atoms with E-state index in [9.17, 15) is 0 Å². The molecule has 0 amide bonds. The third-order valence-electron chi connectivity index (χ3n) is 2.90. The highest BCUT2D eigenvalue weighted by Gasteiger charge is 2.16. The third kappa shape index (κ3) is 4.41. The summed E-state index contributed by atoms with van der Waals surface area (Å²) in [5.74, 6) is 4.34. The summed E-state index contributed by atoms with van der Waals surface area (Å²) in [7, 11) is 1.57. The van der Waals surface area contributed by atoms with Gasteiger partial charge in [-0.15, -0.1) is 0 Å². The van der Waals surface area contributed by atoms with Crippen LogP contribution >= 0.6 is 11.8 Å². The largest absolute Gasteiger partial charge is 0.467 e. The van der Waals surface area contributed by atoms with Gasteiger partial charge in [-0.25, -0.2) is 0 Å². The molecule has 1 fully saturated rings. The number of rotatable bonds is 7. The van der Waals surface area contributed by atoms with Crippen LogP contribution in [0.5, 0.6) is 6.01 Å². The Bertz CT molecular complexity index is 398. The number of aromatic nitrogens is 3. The molecular formula is C12H21N5OS. The molecule has 0 saturated carbocycles. The van der Waals surface area contributed by atoms with Gasteiger partial charge in [-0.05, 0) is 30.3 Å². The Hall–Kier alpha value is -1.24. The molecule has 1 atom stereocenters. The molecule has 6 nitrogen and oxygen atoms in total. The van der Waals surface area contributed by atoms with Crippen molar-refractivity contribution >= 4 is 23.7 Å². The van der Waals surface area contributed by atoms with Crippen LogP contribution in [-0.2, 0) is 0 Å². The van der Waals surface area contributed by atoms with E-state index in [1.165, 1.54) is 17.9 Å². The molecule has 1 aromatic heterocycles. The summed E-state index contributed by atoms with van der Waals surface area (Å²) in [5.41, 5.74) is 0. The van der Waals surface area contributed by atoms with Crippen molar-refractivity contribution in [2.75, 3.05) is 42.3 Å². The fourth-order valence-electron chi connectivity index (χ4n) is 1.82. The molecule has 2 N–H and O–H groups in total. The second-order valence-electron chi connectivity index (χ2n) is 4.51. The van der Waals surface area contributed by atoms with Gasteiger partial charge >= 0.3 is 6.01 Å². The van der Waals surface area contributed by atoms with Crippen LogP contribution in [0.3, 0.4) is 0 Å². The molecule has 1 aliphatic rings. The molecule has 0 bridgehead atoms. The van der Waals surface area contributed by atoms with Crippen LogP contribution in [0, 0.1) is 5.92 Å². The Labute approximate surface area is 118 Å². The number of anilines is 2. The predicted octanol–water partition coefficient (Wildman–Crippen LogP) is 1.87. The number of hydrogen-bond acceptors (Lipinski definition) is 7. The predicted molar refractivity (Wildman–Crippen MR) is 79.1 cm³/mol. The molecule has 0 aromatic carbocycles. The van der Waals surface area contributed by atoms with Crippen LogP contribution in [-0.4, -0.2) is 46.7 Å². The highest BCUT2D eigenvalue weighted by molar-refractivity contribution is 7.99. The molecule has 1 unspecified atom stereocenters. The Morgan fingerprint density at radius 1 is 1.26 bits per heavy atom. The number of hydrogen-bond donors (Lipinski definition) is 2. The van der Waals surface area contributed by atoms with Gasteiger partial charge < -0.3 is 15.4 Å². The van der Waals surface area contributed by atoms with E-state index in [2.05, 4.69) is 32.5 Å². The van der Waals surface area contributed by atoms with E-state index >= 15 is 0 Å². The summed E-state index contributed by atoms with van der Waals surface area (Å²) in [4.78, 5) is 12.7. The molecule has 2 heterocycles. The van der Waals surface area contributed by atoms with Gasteiger partial charge in [-0.2, -0.15) is 26.7 Å². The van der Waals surface area contributed by atoms with Crippen molar-refractivity contribution in [1.29, 1.82) is 0 Å². The Morgan fingerprint density at radius 3 is 2.68 bits per heavy atom. The van der Waals surface area contributed by atoms with Crippen LogP contribution in [0.2, 0.25) is 0 Å². The lowest BCUT2D eigenvalue weighted by Gasteiger charge is -2.11. The molecular weight excluding hydrogens is 262 g/mol. The second-order valence-corrected chi connectivity index (χ2v) is 5.66. The van der Waals surface area contributed by atoms with E-state index in [1.807, 2.05) is 11.8 Å². The number of methoxy groups -OCH3 is 1. The average molecular weight is 283 g/mol. The molecule has 1 aliphatic heterocycles. The molecule has 1 aromatic rings. The number of thioether (sulfide) groups is 1. The lowest BCUT2D eigenvalue weighted by atomic mass is 10.1. The van der Waals surface area contributed by atoms with Crippen molar-refractivity contribution in [1.82, 2.24) is 15.0 Å². The summed E-state index contributed by atoms with van der Waals surface area (Å²) in [6.07, 6.45) is 2.29. The zero-order valence-electron chi connectivity index (χ0n) is 11.5. The molecule has 106 valence electrons. The summed E-state index contributed by atoms with van der Waals surface area (Å²) in [6.45, 7) is 3.85. The van der Waals surface area contributed by atoms with Crippen LogP contribution in [0.4, 0.5) is 11.9 Å². The van der Waals surface area contributed by atoms with E-state index in [0.29, 0.717) is 23.8 Å². The van der Waals surface area contributed by atoms with Crippen molar-refractivity contribution in [3.63, 3.8) is 0 Å². The molecule has 0 aliphatic carbocycles. The molecule has 1 saturated heterocycles. The van der Waals surface area contributed by atoms with Crippen LogP contribution in [0.1, 0.15) is 19.8 Å². The number of ether oxygens (including phenoxy) is 1. The maximum Gasteiger partial charge on any atom is 0.322 e. The first-order valence-corrected chi connectivity index (χ1v) is 7.83. The van der Waals surface area contributed by atoms with Crippen molar-refractivity contribution in [3.8, 4) is 6.01 Å². The monoisotopic (exact) mass is 283 g/mol. The van der Waals surface area contributed by atoms with Gasteiger partial charge in [0.05, 0.1) is 7.11 Å². The summed E-state index contributed by atoms with van der Waals surface area (Å²) < 4.78 is 5.10. The maximum atomic E-state index is 5.10. The van der Waals surface area contributed by atoms with Crippen molar-refractivity contribution in [3.05, 3.63) is 0 Å². The Morgan fingerprint density at radius 2 is 2.05 bits per heavy atom. The van der Waals surface area contributed by atoms with Gasteiger partial charge in [0.2, 0.25) is 11.9 Å². The fraction of sp³-hybridized carbons (Fsp3) is 0.750. The lowest BCUT2D eigenvalue weighted by molar-refractivity contribution is 0.379.